The number of aliphatic hydroxyl groups is 1. The van der Waals surface area contributed by atoms with Crippen LogP contribution < -0.4 is 4.90 Å². The lowest BCUT2D eigenvalue weighted by molar-refractivity contribution is -0.132. The zero-order valence-electron chi connectivity index (χ0n) is 19.3. The van der Waals surface area contributed by atoms with Gasteiger partial charge in [-0.2, -0.15) is 0 Å². The number of carbonyl (C=O) groups is 3. The summed E-state index contributed by atoms with van der Waals surface area (Å²) in [6.45, 7) is 4.01. The van der Waals surface area contributed by atoms with Crippen LogP contribution in [0.3, 0.4) is 0 Å². The van der Waals surface area contributed by atoms with Gasteiger partial charge in [0.05, 0.1) is 23.8 Å². The minimum absolute atomic E-state index is 0.119. The number of benzene rings is 3. The monoisotopic (exact) mass is 473 g/mol. The molecule has 7 heteroatoms. The van der Waals surface area contributed by atoms with E-state index in [1.807, 2.05) is 26.0 Å². The van der Waals surface area contributed by atoms with Gasteiger partial charge in [0.15, 0.2) is 0 Å². The minimum atomic E-state index is -0.957. The second kappa shape index (κ2) is 9.93. The van der Waals surface area contributed by atoms with Crippen LogP contribution in [0.25, 0.3) is 5.76 Å². The molecule has 1 N–H and O–H groups in total. The van der Waals surface area contributed by atoms with Crippen LogP contribution in [0.2, 0.25) is 0 Å². The van der Waals surface area contributed by atoms with Crippen LogP contribution in [-0.4, -0.2) is 29.4 Å². The number of carbonyl (C=O) groups excluding carboxylic acids is 3. The van der Waals surface area contributed by atoms with E-state index in [1.165, 1.54) is 23.1 Å². The normalized spacial score (nSPS) is 17.0. The highest BCUT2D eigenvalue weighted by Gasteiger charge is 2.47. The number of anilines is 1. The Morgan fingerprint density at radius 1 is 1.00 bits per heavy atom. The molecule has 1 aliphatic heterocycles. The van der Waals surface area contributed by atoms with Crippen molar-refractivity contribution >= 4 is 29.1 Å². The van der Waals surface area contributed by atoms with Crippen molar-refractivity contribution in [2.75, 3.05) is 11.5 Å². The van der Waals surface area contributed by atoms with Gasteiger partial charge in [-0.3, -0.25) is 14.5 Å². The lowest BCUT2D eigenvalue weighted by atomic mass is 9.94. The van der Waals surface area contributed by atoms with Crippen molar-refractivity contribution in [2.24, 2.45) is 0 Å². The molecule has 178 valence electrons. The molecular formula is C28H24FNO5. The van der Waals surface area contributed by atoms with Crippen LogP contribution in [0.5, 0.6) is 0 Å². The first-order valence-corrected chi connectivity index (χ1v) is 11.2. The molecule has 1 heterocycles. The van der Waals surface area contributed by atoms with Gasteiger partial charge >= 0.3 is 5.97 Å². The van der Waals surface area contributed by atoms with Gasteiger partial charge < -0.3 is 9.84 Å². The number of esters is 1. The standard InChI is InChI=1S/C28H24FNO5/c1-3-14-35-28(34)20-8-5-9-22(16-20)30-24(19-7-4-6-17(2)15-19)23(26(32)27(30)33)25(31)18-10-12-21(29)13-11-18/h4-13,15-16,24,31H,3,14H2,1-2H3/b25-23+. The number of ether oxygens (including phenoxy) is 1. The van der Waals surface area contributed by atoms with Crippen LogP contribution in [-0.2, 0) is 14.3 Å². The summed E-state index contributed by atoms with van der Waals surface area (Å²) in [4.78, 5) is 40.2. The van der Waals surface area contributed by atoms with Crippen molar-refractivity contribution < 1.29 is 28.6 Å². The Labute approximate surface area is 202 Å². The number of nitrogens with zero attached hydrogens (tertiary/aromatic N) is 1. The molecule has 3 aromatic carbocycles. The molecule has 3 aromatic rings. The third-order valence-electron chi connectivity index (χ3n) is 5.72. The molecule has 1 saturated heterocycles. The molecule has 0 saturated carbocycles. The first kappa shape index (κ1) is 23.9. The zero-order chi connectivity index (χ0) is 25.1. The third-order valence-corrected chi connectivity index (χ3v) is 5.72. The van der Waals surface area contributed by atoms with E-state index < -0.39 is 35.3 Å². The van der Waals surface area contributed by atoms with Gasteiger partial charge in [-0.1, -0.05) is 42.8 Å². The molecule has 1 aliphatic rings. The highest BCUT2D eigenvalue weighted by molar-refractivity contribution is 6.51. The number of aryl methyl sites for hydroxylation is 1. The van der Waals surface area contributed by atoms with Crippen molar-refractivity contribution in [3.05, 3.63) is 106 Å². The molecule has 35 heavy (non-hydrogen) atoms. The van der Waals surface area contributed by atoms with Crippen LogP contribution in [0.1, 0.15) is 46.4 Å². The summed E-state index contributed by atoms with van der Waals surface area (Å²) in [7, 11) is 0. The summed E-state index contributed by atoms with van der Waals surface area (Å²) in [6.07, 6.45) is 0.663. The number of ketones is 1. The van der Waals surface area contributed by atoms with Gasteiger partial charge in [-0.05, 0) is 61.4 Å². The summed E-state index contributed by atoms with van der Waals surface area (Å²) in [5, 5.41) is 11.1. The van der Waals surface area contributed by atoms with Gasteiger partial charge in [-0.15, -0.1) is 0 Å². The van der Waals surface area contributed by atoms with E-state index in [0.29, 0.717) is 17.7 Å². The Balaban J connectivity index is 1.88. The maximum Gasteiger partial charge on any atom is 0.338 e. The second-order valence-corrected chi connectivity index (χ2v) is 8.28. The van der Waals surface area contributed by atoms with E-state index in [4.69, 9.17) is 4.74 Å². The van der Waals surface area contributed by atoms with Gasteiger partial charge in [0.25, 0.3) is 11.7 Å². The molecule has 1 fully saturated rings. The molecular weight excluding hydrogens is 449 g/mol. The predicted octanol–water partition coefficient (Wildman–Crippen LogP) is 5.33. The summed E-state index contributed by atoms with van der Waals surface area (Å²) in [6, 6.07) is 17.6. The number of hydrogen-bond donors (Lipinski definition) is 1. The van der Waals surface area contributed by atoms with Crippen LogP contribution in [0.15, 0.2) is 78.4 Å². The third kappa shape index (κ3) is 4.71. The van der Waals surface area contributed by atoms with Crippen LogP contribution in [0.4, 0.5) is 10.1 Å². The Bertz CT molecular complexity index is 1330. The van der Waals surface area contributed by atoms with Gasteiger partial charge in [-0.25, -0.2) is 9.18 Å². The Hall–Kier alpha value is -4.26. The van der Waals surface area contributed by atoms with Crippen molar-refractivity contribution in [1.82, 2.24) is 0 Å². The van der Waals surface area contributed by atoms with E-state index >= 15 is 0 Å². The Morgan fingerprint density at radius 3 is 2.40 bits per heavy atom. The van der Waals surface area contributed by atoms with E-state index in [-0.39, 0.29) is 23.3 Å². The van der Waals surface area contributed by atoms with Crippen molar-refractivity contribution in [3.63, 3.8) is 0 Å². The quantitative estimate of drug-likeness (QED) is 0.227. The fraction of sp³-hybridized carbons (Fsp3) is 0.179. The van der Waals surface area contributed by atoms with E-state index in [0.717, 1.165) is 17.7 Å². The van der Waals surface area contributed by atoms with Crippen molar-refractivity contribution in [2.45, 2.75) is 26.3 Å². The molecule has 1 unspecified atom stereocenters. The van der Waals surface area contributed by atoms with Crippen LogP contribution >= 0.6 is 0 Å². The first-order chi connectivity index (χ1) is 16.8. The highest BCUT2D eigenvalue weighted by Crippen LogP contribution is 2.42. The minimum Gasteiger partial charge on any atom is -0.507 e. The van der Waals surface area contributed by atoms with Crippen molar-refractivity contribution in [1.29, 1.82) is 0 Å². The summed E-state index contributed by atoms with van der Waals surface area (Å²) in [5.74, 6) is -3.17. The first-order valence-electron chi connectivity index (χ1n) is 11.2. The molecule has 1 amide bonds. The van der Waals surface area contributed by atoms with E-state index in [1.54, 1.807) is 30.3 Å². The summed E-state index contributed by atoms with van der Waals surface area (Å²) >= 11 is 0. The maximum atomic E-state index is 13.5. The average molecular weight is 474 g/mol. The molecule has 1 atom stereocenters. The highest BCUT2D eigenvalue weighted by atomic mass is 19.1. The molecule has 4 rings (SSSR count). The smallest absolute Gasteiger partial charge is 0.338 e. The molecule has 0 radical (unpaired) electrons. The molecule has 0 spiro atoms. The van der Waals surface area contributed by atoms with Gasteiger partial charge in [0.2, 0.25) is 0 Å². The molecule has 0 bridgehead atoms. The molecule has 6 nitrogen and oxygen atoms in total. The zero-order valence-corrected chi connectivity index (χ0v) is 19.3. The predicted molar refractivity (Wildman–Crippen MR) is 129 cm³/mol. The van der Waals surface area contributed by atoms with Gasteiger partial charge in [0.1, 0.15) is 11.6 Å². The fourth-order valence-electron chi connectivity index (χ4n) is 4.08. The summed E-state index contributed by atoms with van der Waals surface area (Å²) < 4.78 is 18.7. The number of halogens is 1. The Kier molecular flexibility index (Phi) is 6.78. The lowest BCUT2D eigenvalue weighted by Crippen LogP contribution is -2.29. The molecule has 0 aromatic heterocycles. The topological polar surface area (TPSA) is 83.9 Å². The largest absolute Gasteiger partial charge is 0.507 e. The fourth-order valence-corrected chi connectivity index (χ4v) is 4.08. The van der Waals surface area contributed by atoms with Crippen molar-refractivity contribution in [3.8, 4) is 0 Å². The average Bonchev–Trinajstić information content (AvgIpc) is 3.13. The number of amides is 1. The summed E-state index contributed by atoms with van der Waals surface area (Å²) in [5.41, 5.74) is 2.13. The number of aliphatic hydroxyl groups excluding tert-OH is 1. The van der Waals surface area contributed by atoms with Crippen LogP contribution in [0, 0.1) is 12.7 Å². The second-order valence-electron chi connectivity index (χ2n) is 8.28. The number of rotatable bonds is 6. The maximum absolute atomic E-state index is 13.5. The lowest BCUT2D eigenvalue weighted by Gasteiger charge is -2.26. The van der Waals surface area contributed by atoms with Gasteiger partial charge in [0, 0.05) is 11.3 Å². The van der Waals surface area contributed by atoms with E-state index in [9.17, 15) is 23.9 Å². The van der Waals surface area contributed by atoms with E-state index in [2.05, 4.69) is 0 Å². The number of hydrogen-bond acceptors (Lipinski definition) is 5. The number of Topliss-reactive ketones (excluding diaryl/α,β-unsaturated/α-hetero) is 1. The Morgan fingerprint density at radius 2 is 1.71 bits per heavy atom. The SMILES string of the molecule is CCCOC(=O)c1cccc(N2C(=O)C(=O)/C(=C(/O)c3ccc(F)cc3)C2c2cccc(C)c2)c1. The molecule has 0 aliphatic carbocycles.